The molecule has 0 unspecified atom stereocenters. The van der Waals surface area contributed by atoms with Gasteiger partial charge >= 0.3 is 0 Å². The van der Waals surface area contributed by atoms with E-state index in [0.29, 0.717) is 26.2 Å². The fourth-order valence-electron chi connectivity index (χ4n) is 2.50. The quantitative estimate of drug-likeness (QED) is 0.656. The van der Waals surface area contributed by atoms with Crippen LogP contribution in [-0.2, 0) is 14.3 Å². The van der Waals surface area contributed by atoms with Crippen molar-refractivity contribution in [2.75, 3.05) is 39.8 Å². The molecular weight excluding hydrogens is 234 g/mol. The Morgan fingerprint density at radius 2 is 2.17 bits per heavy atom. The van der Waals surface area contributed by atoms with E-state index in [-0.39, 0.29) is 11.8 Å². The molecule has 2 heterocycles. The highest BCUT2D eigenvalue weighted by Crippen LogP contribution is 2.23. The summed E-state index contributed by atoms with van der Waals surface area (Å²) < 4.78 is 5.47. The molecule has 2 aliphatic heterocycles. The van der Waals surface area contributed by atoms with E-state index in [1.54, 1.807) is 30.7 Å². The standard InChI is InChI=1S/C12H21N3O3/c1-12(2)11(17)14(3)5-6-15(12)10(16)9-8-13-4-7-18-9/h9,13H,4-8H2,1-3H3/t9-/m1/s1. The number of nitrogens with zero attached hydrogens (tertiary/aromatic N) is 2. The molecule has 0 aromatic carbocycles. The largest absolute Gasteiger partial charge is 0.366 e. The summed E-state index contributed by atoms with van der Waals surface area (Å²) in [5.41, 5.74) is -0.787. The van der Waals surface area contributed by atoms with Crippen molar-refractivity contribution in [3.05, 3.63) is 0 Å². The highest BCUT2D eigenvalue weighted by Gasteiger charge is 2.45. The third kappa shape index (κ3) is 2.22. The highest BCUT2D eigenvalue weighted by atomic mass is 16.5. The van der Waals surface area contributed by atoms with Gasteiger partial charge in [-0.2, -0.15) is 0 Å². The molecule has 0 aliphatic carbocycles. The van der Waals surface area contributed by atoms with Gasteiger partial charge in [-0.05, 0) is 13.8 Å². The lowest BCUT2D eigenvalue weighted by Crippen LogP contribution is -2.66. The summed E-state index contributed by atoms with van der Waals surface area (Å²) in [4.78, 5) is 27.8. The number of carbonyl (C=O) groups is 2. The van der Waals surface area contributed by atoms with Gasteiger partial charge < -0.3 is 19.9 Å². The van der Waals surface area contributed by atoms with E-state index in [0.717, 1.165) is 6.54 Å². The first-order chi connectivity index (χ1) is 8.44. The van der Waals surface area contributed by atoms with Crippen molar-refractivity contribution >= 4 is 11.8 Å². The monoisotopic (exact) mass is 255 g/mol. The lowest BCUT2D eigenvalue weighted by Gasteiger charge is -2.46. The van der Waals surface area contributed by atoms with Crippen LogP contribution in [-0.4, -0.2) is 73.1 Å². The minimum absolute atomic E-state index is 0.0223. The Bertz CT molecular complexity index is 350. The van der Waals surface area contributed by atoms with Crippen LogP contribution in [0.3, 0.4) is 0 Å². The number of morpholine rings is 1. The summed E-state index contributed by atoms with van der Waals surface area (Å²) in [7, 11) is 1.77. The Morgan fingerprint density at radius 3 is 2.78 bits per heavy atom. The van der Waals surface area contributed by atoms with E-state index >= 15 is 0 Å². The summed E-state index contributed by atoms with van der Waals surface area (Å²) in [5, 5.41) is 3.13. The Labute approximate surface area is 107 Å². The summed E-state index contributed by atoms with van der Waals surface area (Å²) in [6.07, 6.45) is -0.464. The van der Waals surface area contributed by atoms with Crippen molar-refractivity contribution in [3.63, 3.8) is 0 Å². The summed E-state index contributed by atoms with van der Waals surface area (Å²) in [5.74, 6) is -0.112. The number of nitrogens with one attached hydrogen (secondary N) is 1. The van der Waals surface area contributed by atoms with Crippen LogP contribution in [0.2, 0.25) is 0 Å². The zero-order chi connectivity index (χ0) is 13.3. The maximum absolute atomic E-state index is 12.4. The van der Waals surface area contributed by atoms with E-state index < -0.39 is 11.6 Å². The molecule has 0 bridgehead atoms. The number of hydrogen-bond donors (Lipinski definition) is 1. The molecule has 2 aliphatic rings. The Hall–Kier alpha value is -1.14. The molecule has 6 nitrogen and oxygen atoms in total. The molecule has 1 atom stereocenters. The van der Waals surface area contributed by atoms with Gasteiger partial charge in [0.05, 0.1) is 6.61 Å². The van der Waals surface area contributed by atoms with Crippen molar-refractivity contribution in [1.29, 1.82) is 0 Å². The maximum Gasteiger partial charge on any atom is 0.253 e. The number of hydrogen-bond acceptors (Lipinski definition) is 4. The van der Waals surface area contributed by atoms with E-state index in [2.05, 4.69) is 5.32 Å². The van der Waals surface area contributed by atoms with Gasteiger partial charge in [0.15, 0.2) is 0 Å². The first-order valence-corrected chi connectivity index (χ1v) is 6.34. The van der Waals surface area contributed by atoms with Crippen LogP contribution in [0, 0.1) is 0 Å². The van der Waals surface area contributed by atoms with Crippen LogP contribution in [0.5, 0.6) is 0 Å². The third-order valence-electron chi connectivity index (χ3n) is 3.67. The molecule has 0 aromatic heterocycles. The second-order valence-electron chi connectivity index (χ2n) is 5.34. The predicted molar refractivity (Wildman–Crippen MR) is 66.0 cm³/mol. The van der Waals surface area contributed by atoms with E-state index in [9.17, 15) is 9.59 Å². The molecular formula is C12H21N3O3. The molecule has 2 rings (SSSR count). The van der Waals surface area contributed by atoms with Crippen LogP contribution in [0.15, 0.2) is 0 Å². The summed E-state index contributed by atoms with van der Waals surface area (Å²) in [6, 6.07) is 0. The fraction of sp³-hybridized carbons (Fsp3) is 0.833. The number of carbonyl (C=O) groups excluding carboxylic acids is 2. The molecule has 0 spiro atoms. The van der Waals surface area contributed by atoms with Gasteiger partial charge in [0, 0.05) is 33.2 Å². The van der Waals surface area contributed by atoms with Crippen LogP contribution >= 0.6 is 0 Å². The molecule has 2 saturated heterocycles. The van der Waals surface area contributed by atoms with Gasteiger partial charge in [0.1, 0.15) is 11.6 Å². The van der Waals surface area contributed by atoms with Gasteiger partial charge in [-0.3, -0.25) is 9.59 Å². The first kappa shape index (κ1) is 13.3. The van der Waals surface area contributed by atoms with Crippen LogP contribution in [0.25, 0.3) is 0 Å². The number of amides is 2. The minimum atomic E-state index is -0.787. The summed E-state index contributed by atoms with van der Waals surface area (Å²) >= 11 is 0. The SMILES string of the molecule is CN1CCN(C(=O)[C@H]2CNCCO2)C(C)(C)C1=O. The maximum atomic E-state index is 12.4. The Morgan fingerprint density at radius 1 is 1.44 bits per heavy atom. The smallest absolute Gasteiger partial charge is 0.253 e. The second kappa shape index (κ2) is 4.85. The molecule has 1 N–H and O–H groups in total. The predicted octanol–water partition coefficient (Wildman–Crippen LogP) is -0.946. The summed E-state index contributed by atoms with van der Waals surface area (Å²) in [6.45, 7) is 6.56. The molecule has 0 radical (unpaired) electrons. The van der Waals surface area contributed by atoms with Gasteiger partial charge in [0.25, 0.3) is 5.91 Å². The molecule has 102 valence electrons. The van der Waals surface area contributed by atoms with Crippen molar-refractivity contribution in [2.45, 2.75) is 25.5 Å². The highest BCUT2D eigenvalue weighted by molar-refractivity contribution is 5.93. The number of likely N-dealkylation sites (N-methyl/N-ethyl adjacent to an activating group) is 1. The number of piperazine rings is 1. The van der Waals surface area contributed by atoms with E-state index in [4.69, 9.17) is 4.74 Å². The Balaban J connectivity index is 2.11. The van der Waals surface area contributed by atoms with Gasteiger partial charge in [-0.25, -0.2) is 0 Å². The second-order valence-corrected chi connectivity index (χ2v) is 5.34. The normalized spacial score (nSPS) is 28.4. The topological polar surface area (TPSA) is 61.9 Å². The Kier molecular flexibility index (Phi) is 3.59. The lowest BCUT2D eigenvalue weighted by atomic mass is 9.97. The minimum Gasteiger partial charge on any atom is -0.366 e. The van der Waals surface area contributed by atoms with Crippen LogP contribution in [0.4, 0.5) is 0 Å². The van der Waals surface area contributed by atoms with Crippen molar-refractivity contribution in [1.82, 2.24) is 15.1 Å². The lowest BCUT2D eigenvalue weighted by molar-refractivity contribution is -0.164. The molecule has 6 heteroatoms. The molecule has 0 aromatic rings. The molecule has 18 heavy (non-hydrogen) atoms. The van der Waals surface area contributed by atoms with Crippen LogP contribution in [0.1, 0.15) is 13.8 Å². The molecule has 0 saturated carbocycles. The van der Waals surface area contributed by atoms with Crippen molar-refractivity contribution < 1.29 is 14.3 Å². The number of ether oxygens (including phenoxy) is 1. The zero-order valence-corrected chi connectivity index (χ0v) is 11.2. The average molecular weight is 255 g/mol. The molecule has 2 fully saturated rings. The van der Waals surface area contributed by atoms with E-state index in [1.807, 2.05) is 0 Å². The number of rotatable bonds is 1. The van der Waals surface area contributed by atoms with Gasteiger partial charge in [0.2, 0.25) is 5.91 Å². The fourth-order valence-corrected chi connectivity index (χ4v) is 2.50. The first-order valence-electron chi connectivity index (χ1n) is 6.34. The average Bonchev–Trinajstić information content (AvgIpc) is 2.36. The van der Waals surface area contributed by atoms with E-state index in [1.165, 1.54) is 0 Å². The van der Waals surface area contributed by atoms with Gasteiger partial charge in [-0.1, -0.05) is 0 Å². The third-order valence-corrected chi connectivity index (χ3v) is 3.67. The zero-order valence-electron chi connectivity index (χ0n) is 11.2. The van der Waals surface area contributed by atoms with Gasteiger partial charge in [-0.15, -0.1) is 0 Å². The van der Waals surface area contributed by atoms with Crippen molar-refractivity contribution in [3.8, 4) is 0 Å². The van der Waals surface area contributed by atoms with Crippen LogP contribution < -0.4 is 5.32 Å². The van der Waals surface area contributed by atoms with Crippen molar-refractivity contribution in [2.24, 2.45) is 0 Å². The molecule has 2 amide bonds.